The van der Waals surface area contributed by atoms with Gasteiger partial charge in [-0.2, -0.15) is 0 Å². The minimum atomic E-state index is 0.0826. The van der Waals surface area contributed by atoms with Crippen molar-refractivity contribution in [3.05, 3.63) is 449 Å². The Balaban J connectivity index is 0.000000104. The predicted molar refractivity (Wildman–Crippen MR) is 569 cm³/mol. The molecule has 29 rings (SSSR count). The van der Waals surface area contributed by atoms with Gasteiger partial charge < -0.3 is 0 Å². The van der Waals surface area contributed by atoms with Crippen molar-refractivity contribution >= 4 is 108 Å². The van der Waals surface area contributed by atoms with Crippen LogP contribution in [-0.4, -0.2) is 15.0 Å². The zero-order valence-electron chi connectivity index (χ0n) is 76.7. The van der Waals surface area contributed by atoms with Crippen LogP contribution in [0.25, 0.3) is 209 Å². The lowest BCUT2D eigenvalue weighted by atomic mass is 9.78. The van der Waals surface area contributed by atoms with Gasteiger partial charge in [-0.1, -0.05) is 367 Å². The highest BCUT2D eigenvalue weighted by atomic mass is 14.8. The normalized spacial score (nSPS) is 17.0. The van der Waals surface area contributed by atoms with E-state index in [0.717, 1.165) is 28.7 Å². The maximum absolute atomic E-state index is 5.74. The van der Waals surface area contributed by atoms with Crippen LogP contribution in [0.15, 0.2) is 388 Å². The van der Waals surface area contributed by atoms with E-state index in [4.69, 9.17) is 15.0 Å². The summed E-state index contributed by atoms with van der Waals surface area (Å²) in [5, 5.41) is 22.4. The summed E-state index contributed by atoms with van der Waals surface area (Å²) < 4.78 is 0. The smallest absolute Gasteiger partial charge is 0.0797 e. The first-order valence-corrected chi connectivity index (χ1v) is 48.9. The van der Waals surface area contributed by atoms with Crippen LogP contribution in [0, 0.1) is 13.8 Å². The van der Waals surface area contributed by atoms with Gasteiger partial charge in [-0.15, -0.1) is 0 Å². The van der Waals surface area contributed by atoms with Crippen molar-refractivity contribution in [3.63, 3.8) is 0 Å². The van der Waals surface area contributed by atoms with E-state index in [-0.39, 0.29) is 5.41 Å². The van der Waals surface area contributed by atoms with Crippen molar-refractivity contribution in [2.45, 2.75) is 120 Å². The first-order chi connectivity index (χ1) is 66.4. The fourth-order valence-corrected chi connectivity index (χ4v) is 25.8. The molecule has 6 unspecified atom stereocenters. The highest BCUT2D eigenvalue weighted by Gasteiger charge is 2.47. The van der Waals surface area contributed by atoms with Crippen LogP contribution in [0.1, 0.15) is 162 Å². The number of hydrogen-bond acceptors (Lipinski definition) is 3. The minimum Gasteiger partial charge on any atom is -0.247 e. The number of benzene rings is 20. The molecular formula is C132H99N3. The fraction of sp³-hybridized carbons (Fsp3) is 0.144. The first-order valence-electron chi connectivity index (χ1n) is 48.9. The Hall–Kier alpha value is -15.3. The van der Waals surface area contributed by atoms with Crippen molar-refractivity contribution in [1.82, 2.24) is 15.0 Å². The molecule has 3 nitrogen and oxygen atoms in total. The highest BCUT2D eigenvalue weighted by Crippen LogP contribution is 2.65. The first kappa shape index (κ1) is 79.5. The largest absolute Gasteiger partial charge is 0.247 e. The lowest BCUT2D eigenvalue weighted by Crippen LogP contribution is -2.11. The summed E-state index contributed by atoms with van der Waals surface area (Å²) in [6, 6.07) is 144. The van der Waals surface area contributed by atoms with Gasteiger partial charge in [-0.05, 0) is 318 Å². The second kappa shape index (κ2) is 31.2. The van der Waals surface area contributed by atoms with Crippen molar-refractivity contribution in [3.8, 4) is 101 Å². The maximum atomic E-state index is 5.74. The number of fused-ring (bicyclic) bond motifs is 35. The summed E-state index contributed by atoms with van der Waals surface area (Å²) in [5.74, 6) is 3.06. The van der Waals surface area contributed by atoms with Crippen LogP contribution < -0.4 is 0 Å². The number of pyridine rings is 3. The van der Waals surface area contributed by atoms with Gasteiger partial charge in [0.25, 0.3) is 0 Å². The summed E-state index contributed by atoms with van der Waals surface area (Å²) in [6.45, 7) is 11.4. The molecule has 2 fully saturated rings. The van der Waals surface area contributed by atoms with Gasteiger partial charge in [0.15, 0.2) is 0 Å². The molecule has 0 aliphatic heterocycles. The Kier molecular flexibility index (Phi) is 18.3. The summed E-state index contributed by atoms with van der Waals surface area (Å²) in [7, 11) is 0. The number of rotatable bonds is 9. The Morgan fingerprint density at radius 3 is 1.02 bits per heavy atom. The number of aromatic nitrogens is 3. The van der Waals surface area contributed by atoms with Gasteiger partial charge in [0.1, 0.15) is 0 Å². The molecule has 6 atom stereocenters. The molecule has 0 N–H and O–H groups in total. The molecule has 3 aromatic heterocycles. The zero-order chi connectivity index (χ0) is 89.6. The quantitative estimate of drug-likeness (QED) is 0.107. The number of aryl methyl sites for hydroxylation is 2. The van der Waals surface area contributed by atoms with E-state index in [1.807, 2.05) is 0 Å². The van der Waals surface area contributed by atoms with E-state index in [2.05, 4.69) is 423 Å². The molecule has 20 aromatic carbocycles. The minimum absolute atomic E-state index is 0.0826. The Morgan fingerprint density at radius 1 is 0.215 bits per heavy atom. The molecule has 6 aliphatic carbocycles. The molecule has 6 aliphatic rings. The molecule has 6 bridgehead atoms. The summed E-state index contributed by atoms with van der Waals surface area (Å²) in [5.41, 5.74) is 42.2. The predicted octanol–water partition coefficient (Wildman–Crippen LogP) is 35.8. The Bertz CT molecular complexity index is 8520. The third-order valence-corrected chi connectivity index (χ3v) is 31.9. The zero-order valence-corrected chi connectivity index (χ0v) is 76.7. The van der Waals surface area contributed by atoms with Gasteiger partial charge in [0, 0.05) is 60.8 Å². The molecule has 2 saturated carbocycles. The average molecular weight is 1730 g/mol. The lowest BCUT2D eigenvalue weighted by molar-refractivity contribution is 0.591. The second-order valence-corrected chi connectivity index (χ2v) is 40.4. The van der Waals surface area contributed by atoms with E-state index in [1.165, 1.54) is 275 Å². The van der Waals surface area contributed by atoms with Crippen LogP contribution in [0.3, 0.4) is 0 Å². The van der Waals surface area contributed by atoms with E-state index >= 15 is 0 Å². The molecule has 23 aromatic rings. The topological polar surface area (TPSA) is 38.7 Å². The van der Waals surface area contributed by atoms with Gasteiger partial charge in [0.05, 0.1) is 33.6 Å². The van der Waals surface area contributed by atoms with E-state index in [0.29, 0.717) is 35.5 Å². The Labute approximate surface area is 787 Å². The summed E-state index contributed by atoms with van der Waals surface area (Å²) >= 11 is 0. The third kappa shape index (κ3) is 12.7. The van der Waals surface area contributed by atoms with Gasteiger partial charge in [-0.3, -0.25) is 0 Å². The van der Waals surface area contributed by atoms with Crippen LogP contribution in [-0.2, 0) is 5.41 Å². The van der Waals surface area contributed by atoms with Gasteiger partial charge in [0.2, 0.25) is 0 Å². The van der Waals surface area contributed by atoms with Crippen LogP contribution >= 0.6 is 0 Å². The fourth-order valence-electron chi connectivity index (χ4n) is 25.8. The van der Waals surface area contributed by atoms with Crippen molar-refractivity contribution in [1.29, 1.82) is 0 Å². The average Bonchev–Trinajstić information content (AvgIpc) is 1.55. The molecular weight excluding hydrogens is 1630 g/mol. The molecule has 0 spiro atoms. The summed E-state index contributed by atoms with van der Waals surface area (Å²) in [6.07, 6.45) is 8.75. The van der Waals surface area contributed by atoms with Gasteiger partial charge in [-0.25, -0.2) is 15.0 Å². The number of hydrogen-bond donors (Lipinski definition) is 0. The van der Waals surface area contributed by atoms with Crippen LogP contribution in [0.4, 0.5) is 0 Å². The SMILES string of the molecule is Cc1ccccc1-c1cc2c(cc1-c1ccccc1C)C1CC2c2c(-c3ccccc3)nc3c(cc4ccc5cc(C(C)(C)C)cc6ccc3c4c56)c21.c1ccc(-c2cccc(-c3nc4c5ccccc5c5cc(-c6ccccc6)ccc5c4c4c3C3CCC4C3)c2)cc1.c1ccc(-c2cccc(-c3nc4c5ccccc5c5cc(-c6ccccc6)ccc5c4c4c3C3CCC4C3)c2)cc1. The van der Waals surface area contributed by atoms with Crippen LogP contribution in [0.2, 0.25) is 0 Å². The van der Waals surface area contributed by atoms with Crippen molar-refractivity contribution in [2.24, 2.45) is 0 Å². The van der Waals surface area contributed by atoms with Crippen molar-refractivity contribution in [2.75, 3.05) is 0 Å². The van der Waals surface area contributed by atoms with Crippen molar-refractivity contribution < 1.29 is 0 Å². The molecule has 3 heteroatoms. The molecule has 0 radical (unpaired) electrons. The molecule has 642 valence electrons. The van der Waals surface area contributed by atoms with E-state index < -0.39 is 0 Å². The molecule has 0 saturated heterocycles. The van der Waals surface area contributed by atoms with E-state index in [1.54, 1.807) is 11.1 Å². The van der Waals surface area contributed by atoms with E-state index in [9.17, 15) is 0 Å². The molecule has 0 amide bonds. The highest BCUT2D eigenvalue weighted by molar-refractivity contribution is 6.31. The third-order valence-electron chi connectivity index (χ3n) is 31.9. The Morgan fingerprint density at radius 2 is 0.570 bits per heavy atom. The van der Waals surface area contributed by atoms with Gasteiger partial charge >= 0.3 is 0 Å². The monoisotopic (exact) mass is 1730 g/mol. The summed E-state index contributed by atoms with van der Waals surface area (Å²) in [4.78, 5) is 17.0. The second-order valence-electron chi connectivity index (χ2n) is 40.4. The maximum Gasteiger partial charge on any atom is 0.0797 e. The lowest BCUT2D eigenvalue weighted by Gasteiger charge is -2.27. The molecule has 3 heterocycles. The standard InChI is InChI=1S/C52H41N.2C40H29N/c1-29-13-9-11-17-36(29)39-26-41-42(27-40(39)37-18-12-10-14-30(37)2)44-28-43(41)48-45-25-34-20-19-32-23-35(52(3,4)5)24-33-21-22-38(47(34)46(32)33)51(45)53-50(49(44)48)31-15-7-6-8-16-31;2*1-3-10-25(11-4-1)27-14-9-15-31(22-27)39-37-30-19-18-29(23-30)36(37)38-33-21-20-28(26-12-5-2-6-13-26)24-35(33)32-16-7-8-17-34(32)40(38)41-39/h6-27,43-44H,28H2,1-5H3;2*1-17,20-22,24,29-30H,18-19,23H2. The molecule has 135 heavy (non-hydrogen) atoms. The van der Waals surface area contributed by atoms with Crippen LogP contribution in [0.5, 0.6) is 0 Å². The number of nitrogens with zero attached hydrogens (tertiary/aromatic N) is 3.